The van der Waals surface area contributed by atoms with Gasteiger partial charge in [0.05, 0.1) is 45.7 Å². The van der Waals surface area contributed by atoms with Crippen LogP contribution in [-0.4, -0.2) is 369 Å². The van der Waals surface area contributed by atoms with Gasteiger partial charge in [-0.25, -0.2) is 0 Å². The van der Waals surface area contributed by atoms with E-state index >= 15 is 0 Å². The first-order valence-corrected chi connectivity index (χ1v) is 27.5. The zero-order chi connectivity index (χ0) is 63.5. The van der Waals surface area contributed by atoms with E-state index in [0.29, 0.717) is 0 Å². The molecule has 0 bridgehead atoms. The van der Waals surface area contributed by atoms with Crippen LogP contribution in [0.5, 0.6) is 0 Å². The fraction of sp³-hybridized carbons (Fsp3) is 0.938. The summed E-state index contributed by atoms with van der Waals surface area (Å²) >= 11 is 0. The second kappa shape index (κ2) is 30.5. The van der Waals surface area contributed by atoms with Gasteiger partial charge in [-0.2, -0.15) is 0 Å². The molecule has 0 saturated carbocycles. The molecule has 498 valence electrons. The van der Waals surface area contributed by atoms with E-state index in [1.165, 1.54) is 6.92 Å². The lowest BCUT2D eigenvalue weighted by molar-refractivity contribution is -0.394. The van der Waals surface area contributed by atoms with Gasteiger partial charge in [-0.05, 0) is 6.92 Å². The molecule has 0 aliphatic carbocycles. The lowest BCUT2D eigenvalue weighted by atomic mass is 9.93. The number of amides is 3. The molecule has 0 radical (unpaired) electrons. The minimum atomic E-state index is -2.33. The molecular formula is C48H81N3O35. The van der Waals surface area contributed by atoms with Gasteiger partial charge in [0.15, 0.2) is 44.0 Å². The van der Waals surface area contributed by atoms with Crippen LogP contribution in [-0.2, 0) is 76.0 Å². The maximum Gasteiger partial charge on any atom is 0.217 e. The zero-order valence-electron chi connectivity index (χ0n) is 46.5. The second-order valence-corrected chi connectivity index (χ2v) is 21.8. The maximum atomic E-state index is 13.0. The molecule has 38 heteroatoms. The molecule has 7 fully saturated rings. The SMILES string of the molecule is CC(=O)N[C@@H]1[C@@H](O)[C@H](O[C@@H]2O[C@H](CO)[C@@H](O[C@@H]3O[C@H](CO)[C@@H](O)[C@H](O[C@H]4O[C@H](CO)[C@@H](O[C@@H]5O[C@H](CO)[C@@H](O[C@@H]6O[C@H](CO)[C@H](O)[C@H](O)[C@H]6O)[C@H](O[C@@H]6O[C@@H](C)[C@@H](O)[C@@H](O)[C@@H]6O)[C@H]5NC(C)=O)[C@H](O)[C@@H]4O)[C@@H]3O)[C@H](O)[C@H]2NC(C)=O)[C@@H](CO)O[C@H]1O. The highest BCUT2D eigenvalue weighted by Crippen LogP contribution is 2.39. The Labute approximate surface area is 488 Å². The van der Waals surface area contributed by atoms with Crippen LogP contribution in [0.25, 0.3) is 0 Å². The van der Waals surface area contributed by atoms with Gasteiger partial charge in [0.1, 0.15) is 165 Å². The summed E-state index contributed by atoms with van der Waals surface area (Å²) in [4.78, 5) is 37.4. The summed E-state index contributed by atoms with van der Waals surface area (Å²) in [5, 5.41) is 214. The smallest absolute Gasteiger partial charge is 0.217 e. The lowest BCUT2D eigenvalue weighted by Gasteiger charge is -2.52. The molecule has 38 nitrogen and oxygen atoms in total. The van der Waals surface area contributed by atoms with E-state index in [1.807, 2.05) is 0 Å². The predicted octanol–water partition coefficient (Wildman–Crippen LogP) is -14.8. The van der Waals surface area contributed by atoms with E-state index in [4.69, 9.17) is 61.6 Å². The van der Waals surface area contributed by atoms with Gasteiger partial charge in [0.25, 0.3) is 0 Å². The summed E-state index contributed by atoms with van der Waals surface area (Å²) in [5.41, 5.74) is 0. The topological polar surface area (TPSA) is 592 Å². The molecule has 0 aromatic rings. The molecule has 86 heavy (non-hydrogen) atoms. The average molecular weight is 1260 g/mol. The minimum absolute atomic E-state index is 0.715. The molecule has 3 amide bonds. The van der Waals surface area contributed by atoms with Crippen molar-refractivity contribution in [3.8, 4) is 0 Å². The van der Waals surface area contributed by atoms with Gasteiger partial charge in [-0.1, -0.05) is 0 Å². The summed E-state index contributed by atoms with van der Waals surface area (Å²) in [6.45, 7) is -1.75. The third-order valence-corrected chi connectivity index (χ3v) is 15.7. The number of nitrogens with one attached hydrogen (secondary N) is 3. The Morgan fingerprint density at radius 2 is 0.628 bits per heavy atom. The van der Waals surface area contributed by atoms with Crippen LogP contribution in [0.1, 0.15) is 27.7 Å². The van der Waals surface area contributed by atoms with E-state index in [0.717, 1.165) is 20.8 Å². The third-order valence-electron chi connectivity index (χ3n) is 15.7. The molecule has 7 heterocycles. The Balaban J connectivity index is 1.11. The molecular weight excluding hydrogens is 1180 g/mol. The van der Waals surface area contributed by atoms with Gasteiger partial charge in [0.2, 0.25) is 17.7 Å². The van der Waals surface area contributed by atoms with Gasteiger partial charge in [0, 0.05) is 20.8 Å². The summed E-state index contributed by atoms with van der Waals surface area (Å²) in [6.07, 6.45) is -61.2. The van der Waals surface area contributed by atoms with Gasteiger partial charge in [-0.15, -0.1) is 0 Å². The number of hydrogen-bond donors (Lipinski definition) is 22. The predicted molar refractivity (Wildman–Crippen MR) is 265 cm³/mol. The van der Waals surface area contributed by atoms with Crippen LogP contribution in [0, 0.1) is 0 Å². The lowest BCUT2D eigenvalue weighted by Crippen LogP contribution is -2.71. The van der Waals surface area contributed by atoms with Crippen molar-refractivity contribution in [1.82, 2.24) is 16.0 Å². The first-order valence-electron chi connectivity index (χ1n) is 27.5. The number of aliphatic hydroxyl groups excluding tert-OH is 19. The quantitative estimate of drug-likeness (QED) is 0.0507. The van der Waals surface area contributed by atoms with E-state index in [1.54, 1.807) is 0 Å². The molecule has 7 aliphatic rings. The number of carbonyl (C=O) groups excluding carboxylic acids is 3. The molecule has 0 aromatic heterocycles. The Morgan fingerprint density at radius 3 is 1.14 bits per heavy atom. The molecule has 0 spiro atoms. The number of aliphatic hydroxyl groups is 19. The van der Waals surface area contributed by atoms with Crippen molar-refractivity contribution >= 4 is 17.7 Å². The minimum Gasteiger partial charge on any atom is -0.394 e. The van der Waals surface area contributed by atoms with Crippen molar-refractivity contribution < 1.29 is 173 Å². The van der Waals surface area contributed by atoms with Gasteiger partial charge in [-0.3, -0.25) is 14.4 Å². The van der Waals surface area contributed by atoms with Crippen LogP contribution in [0.15, 0.2) is 0 Å². The molecule has 35 atom stereocenters. The highest BCUT2D eigenvalue weighted by atomic mass is 16.8. The standard InChI is InChI=1S/C48H81N3O35/c1-11-24(61)29(66)32(69)45(74-11)85-40-23(51-14(4)60)44(79-20(10-57)39(40)84-46-33(70)30(67)25(62)15(5-52)76-46)82-38-19(9-56)80-47(34(71)31(38)68)86-41-26(63)16(6-53)77-48(35(41)72)83-37-18(8-55)78-43(22(28(37)65)50-13(3)59)81-36-17(7-54)75-42(73)21(27(36)64)49-12(2)58/h11,15-48,52-57,61-73H,5-10H2,1-4H3,(H,49,58)(H,50,59)(H,51,60)/t11-,15+,16+,17+,18+,19+,20+,21+,22+,23+,24+,25-,26+,27+,28+,29+,30-,31+,32-,33+,34-,35-,36+,37+,38+,39+,40+,41-,42+,43-,44-,45-,46-,47+,48-/m0/s1. The fourth-order valence-electron chi connectivity index (χ4n) is 11.2. The van der Waals surface area contributed by atoms with E-state index in [-0.39, 0.29) is 0 Å². The third kappa shape index (κ3) is 15.2. The molecule has 0 aromatic carbocycles. The summed E-state index contributed by atoms with van der Waals surface area (Å²) in [6, 6.07) is -5.08. The largest absolute Gasteiger partial charge is 0.394 e. The van der Waals surface area contributed by atoms with Crippen molar-refractivity contribution in [2.45, 2.75) is 242 Å². The molecule has 7 saturated heterocycles. The maximum absolute atomic E-state index is 13.0. The fourth-order valence-corrected chi connectivity index (χ4v) is 11.2. The molecule has 7 aliphatic heterocycles. The number of ether oxygens (including phenoxy) is 13. The number of carbonyl (C=O) groups is 3. The van der Waals surface area contributed by atoms with Crippen LogP contribution < -0.4 is 16.0 Å². The Kier molecular flexibility index (Phi) is 25.0. The molecule has 7 rings (SSSR count). The summed E-state index contributed by atoms with van der Waals surface area (Å²) in [7, 11) is 0. The summed E-state index contributed by atoms with van der Waals surface area (Å²) in [5.74, 6) is -2.43. The van der Waals surface area contributed by atoms with Crippen molar-refractivity contribution in [2.75, 3.05) is 39.6 Å². The first-order chi connectivity index (χ1) is 40.6. The molecule has 22 N–H and O–H groups in total. The van der Waals surface area contributed by atoms with Crippen LogP contribution in [0.2, 0.25) is 0 Å². The van der Waals surface area contributed by atoms with Crippen molar-refractivity contribution in [2.24, 2.45) is 0 Å². The van der Waals surface area contributed by atoms with Crippen LogP contribution in [0.3, 0.4) is 0 Å². The first kappa shape index (κ1) is 70.6. The van der Waals surface area contributed by atoms with E-state index < -0.39 is 272 Å². The highest BCUT2D eigenvalue weighted by molar-refractivity contribution is 5.74. The highest BCUT2D eigenvalue weighted by Gasteiger charge is 2.59. The summed E-state index contributed by atoms with van der Waals surface area (Å²) < 4.78 is 75.9. The van der Waals surface area contributed by atoms with Gasteiger partial charge >= 0.3 is 0 Å². The number of rotatable bonds is 21. The Bertz CT molecular complexity index is 2170. The Morgan fingerprint density at radius 1 is 0.302 bits per heavy atom. The van der Waals surface area contributed by atoms with Crippen molar-refractivity contribution in [3.05, 3.63) is 0 Å². The van der Waals surface area contributed by atoms with Crippen LogP contribution in [0.4, 0.5) is 0 Å². The van der Waals surface area contributed by atoms with E-state index in [9.17, 15) is 111 Å². The average Bonchev–Trinajstić information content (AvgIpc) is 0.892. The van der Waals surface area contributed by atoms with Crippen molar-refractivity contribution in [3.63, 3.8) is 0 Å². The van der Waals surface area contributed by atoms with Crippen molar-refractivity contribution in [1.29, 1.82) is 0 Å². The zero-order valence-corrected chi connectivity index (χ0v) is 46.5. The second-order valence-electron chi connectivity index (χ2n) is 21.8. The van der Waals surface area contributed by atoms with Gasteiger partial charge < -0.3 is 175 Å². The monoisotopic (exact) mass is 1260 g/mol. The van der Waals surface area contributed by atoms with E-state index in [2.05, 4.69) is 16.0 Å². The number of hydrogen-bond acceptors (Lipinski definition) is 35. The molecule has 0 unspecified atom stereocenters. The normalized spacial score (nSPS) is 49.4. The Hall–Kier alpha value is -2.87. The van der Waals surface area contributed by atoms with Crippen LogP contribution >= 0.6 is 0 Å².